The Bertz CT molecular complexity index is 887. The van der Waals surface area contributed by atoms with Crippen LogP contribution >= 0.6 is 11.6 Å². The number of nitrogens with one attached hydrogen (secondary N) is 1. The number of carbonyl (C=O) groups excluding carboxylic acids is 1. The van der Waals surface area contributed by atoms with Gasteiger partial charge in [-0.2, -0.15) is 0 Å². The summed E-state index contributed by atoms with van der Waals surface area (Å²) < 4.78 is 0. The molecule has 3 aromatic carbocycles. The van der Waals surface area contributed by atoms with Gasteiger partial charge in [-0.3, -0.25) is 4.79 Å². The monoisotopic (exact) mass is 307 g/mol. The van der Waals surface area contributed by atoms with E-state index in [4.69, 9.17) is 11.6 Å². The molecule has 3 heteroatoms. The molecule has 2 nitrogen and oxygen atoms in total. The van der Waals surface area contributed by atoms with E-state index in [0.29, 0.717) is 11.4 Å². The second kappa shape index (κ2) is 5.15. The van der Waals surface area contributed by atoms with Gasteiger partial charge in [-0.1, -0.05) is 60.1 Å². The topological polar surface area (TPSA) is 29.1 Å². The number of hydrogen-bond donors (Lipinski definition) is 1. The molecule has 1 N–H and O–H groups in total. The lowest BCUT2D eigenvalue weighted by Gasteiger charge is -2.28. The van der Waals surface area contributed by atoms with Crippen LogP contribution in [0.4, 0.5) is 0 Å². The summed E-state index contributed by atoms with van der Waals surface area (Å²) in [5.74, 6) is 0.0349. The number of halogens is 1. The van der Waals surface area contributed by atoms with E-state index in [-0.39, 0.29) is 11.9 Å². The number of rotatable bonds is 1. The predicted molar refractivity (Wildman–Crippen MR) is 89.1 cm³/mol. The largest absolute Gasteiger partial charge is 0.345 e. The first kappa shape index (κ1) is 13.4. The number of fused-ring (bicyclic) bond motifs is 2. The van der Waals surface area contributed by atoms with Crippen LogP contribution in [0.15, 0.2) is 60.7 Å². The summed E-state index contributed by atoms with van der Waals surface area (Å²) in [4.78, 5) is 12.1. The van der Waals surface area contributed by atoms with Gasteiger partial charge in [0.05, 0.1) is 12.5 Å². The Kier molecular flexibility index (Phi) is 3.12. The maximum Gasteiger partial charge on any atom is 0.225 e. The van der Waals surface area contributed by atoms with Gasteiger partial charge >= 0.3 is 0 Å². The highest BCUT2D eigenvalue weighted by molar-refractivity contribution is 6.31. The smallest absolute Gasteiger partial charge is 0.225 e. The minimum Gasteiger partial charge on any atom is -0.345 e. The second-order valence-corrected chi connectivity index (χ2v) is 6.00. The number of hydrogen-bond acceptors (Lipinski definition) is 1. The van der Waals surface area contributed by atoms with E-state index in [0.717, 1.165) is 22.1 Å². The van der Waals surface area contributed by atoms with Gasteiger partial charge in [0, 0.05) is 5.02 Å². The molecule has 0 aromatic heterocycles. The van der Waals surface area contributed by atoms with Gasteiger partial charge in [0.25, 0.3) is 0 Å². The zero-order chi connectivity index (χ0) is 15.1. The molecule has 0 spiro atoms. The number of benzene rings is 3. The van der Waals surface area contributed by atoms with Gasteiger partial charge in [-0.05, 0) is 39.6 Å². The molecule has 0 fully saturated rings. The molecule has 1 amide bonds. The molecule has 0 bridgehead atoms. The molecular formula is C19H14ClNO. The third-order valence-corrected chi connectivity index (χ3v) is 4.54. The zero-order valence-corrected chi connectivity index (χ0v) is 12.6. The second-order valence-electron chi connectivity index (χ2n) is 5.60. The van der Waals surface area contributed by atoms with Crippen molar-refractivity contribution >= 4 is 28.3 Å². The first-order chi connectivity index (χ1) is 10.7. The van der Waals surface area contributed by atoms with Crippen molar-refractivity contribution < 1.29 is 4.79 Å². The van der Waals surface area contributed by atoms with Crippen LogP contribution in [-0.2, 0) is 11.2 Å². The third kappa shape index (κ3) is 2.16. The van der Waals surface area contributed by atoms with Crippen molar-refractivity contribution in [3.05, 3.63) is 82.4 Å². The summed E-state index contributed by atoms with van der Waals surface area (Å²) in [5.41, 5.74) is 3.15. The molecule has 0 saturated carbocycles. The minimum atomic E-state index is -0.186. The summed E-state index contributed by atoms with van der Waals surface area (Å²) in [7, 11) is 0. The van der Waals surface area contributed by atoms with Crippen LogP contribution < -0.4 is 5.32 Å². The lowest BCUT2D eigenvalue weighted by Crippen LogP contribution is -2.36. The van der Waals surface area contributed by atoms with Gasteiger partial charge in [-0.15, -0.1) is 0 Å². The van der Waals surface area contributed by atoms with Gasteiger partial charge in [0.1, 0.15) is 0 Å². The lowest BCUT2D eigenvalue weighted by atomic mass is 9.87. The quantitative estimate of drug-likeness (QED) is 0.715. The molecule has 3 aromatic rings. The maximum atomic E-state index is 12.1. The van der Waals surface area contributed by atoms with Crippen molar-refractivity contribution in [1.82, 2.24) is 5.32 Å². The molecule has 0 saturated heterocycles. The van der Waals surface area contributed by atoms with Crippen LogP contribution in [-0.4, -0.2) is 5.91 Å². The molecule has 108 valence electrons. The Morgan fingerprint density at radius 1 is 0.909 bits per heavy atom. The number of amides is 1. The van der Waals surface area contributed by atoms with Crippen LogP contribution in [0.2, 0.25) is 5.02 Å². The summed E-state index contributed by atoms with van der Waals surface area (Å²) >= 11 is 6.34. The Hall–Kier alpha value is -2.32. The van der Waals surface area contributed by atoms with E-state index in [1.54, 1.807) is 0 Å². The Labute approximate surface area is 133 Å². The van der Waals surface area contributed by atoms with E-state index >= 15 is 0 Å². The molecule has 1 unspecified atom stereocenters. The van der Waals surface area contributed by atoms with Gasteiger partial charge < -0.3 is 5.32 Å². The summed E-state index contributed by atoms with van der Waals surface area (Å²) in [6, 6.07) is 20.0. The zero-order valence-electron chi connectivity index (χ0n) is 11.8. The maximum absolute atomic E-state index is 12.1. The van der Waals surface area contributed by atoms with Crippen LogP contribution in [0.3, 0.4) is 0 Å². The SMILES string of the molecule is O=C1Cc2cc3ccccc3cc2C(c2ccccc2Cl)N1. The molecular weight excluding hydrogens is 294 g/mol. The highest BCUT2D eigenvalue weighted by Gasteiger charge is 2.27. The molecule has 1 atom stereocenters. The highest BCUT2D eigenvalue weighted by atomic mass is 35.5. The van der Waals surface area contributed by atoms with E-state index in [1.807, 2.05) is 36.4 Å². The lowest BCUT2D eigenvalue weighted by molar-refractivity contribution is -0.121. The van der Waals surface area contributed by atoms with Crippen LogP contribution in [0.25, 0.3) is 10.8 Å². The van der Waals surface area contributed by atoms with Crippen molar-refractivity contribution in [2.24, 2.45) is 0 Å². The van der Waals surface area contributed by atoms with Crippen molar-refractivity contribution in [3.8, 4) is 0 Å². The van der Waals surface area contributed by atoms with E-state index in [9.17, 15) is 4.79 Å². The summed E-state index contributed by atoms with van der Waals surface area (Å²) in [6.07, 6.45) is 0.418. The Morgan fingerprint density at radius 3 is 2.36 bits per heavy atom. The van der Waals surface area contributed by atoms with Crippen molar-refractivity contribution in [2.75, 3.05) is 0 Å². The first-order valence-corrected chi connectivity index (χ1v) is 7.65. The first-order valence-electron chi connectivity index (χ1n) is 7.28. The highest BCUT2D eigenvalue weighted by Crippen LogP contribution is 2.35. The molecule has 1 aliphatic heterocycles. The molecule has 1 aliphatic rings. The van der Waals surface area contributed by atoms with Crippen LogP contribution in [0, 0.1) is 0 Å². The van der Waals surface area contributed by atoms with Gasteiger partial charge in [0.2, 0.25) is 5.91 Å². The van der Waals surface area contributed by atoms with Crippen LogP contribution in [0.5, 0.6) is 0 Å². The minimum absolute atomic E-state index is 0.0349. The Morgan fingerprint density at radius 2 is 1.59 bits per heavy atom. The molecule has 0 aliphatic carbocycles. The average molecular weight is 308 g/mol. The molecule has 1 heterocycles. The van der Waals surface area contributed by atoms with Gasteiger partial charge in [0.15, 0.2) is 0 Å². The van der Waals surface area contributed by atoms with Gasteiger partial charge in [-0.25, -0.2) is 0 Å². The standard InChI is InChI=1S/C19H14ClNO/c20-17-8-4-3-7-15(17)19-16-10-13-6-2-1-5-12(13)9-14(16)11-18(22)21-19/h1-10,19H,11H2,(H,21,22). The van der Waals surface area contributed by atoms with E-state index in [1.165, 1.54) is 5.39 Å². The Balaban J connectivity index is 1.95. The summed E-state index contributed by atoms with van der Waals surface area (Å²) in [5, 5.41) is 6.08. The molecule has 22 heavy (non-hydrogen) atoms. The fourth-order valence-electron chi connectivity index (χ4n) is 3.14. The van der Waals surface area contributed by atoms with Crippen molar-refractivity contribution in [1.29, 1.82) is 0 Å². The predicted octanol–water partition coefficient (Wildman–Crippen LogP) is 4.25. The fraction of sp³-hybridized carbons (Fsp3) is 0.105. The van der Waals surface area contributed by atoms with Crippen molar-refractivity contribution in [2.45, 2.75) is 12.5 Å². The van der Waals surface area contributed by atoms with Crippen molar-refractivity contribution in [3.63, 3.8) is 0 Å². The normalized spacial score (nSPS) is 17.1. The molecule has 4 rings (SSSR count). The fourth-order valence-corrected chi connectivity index (χ4v) is 3.39. The van der Waals surface area contributed by atoms with Crippen LogP contribution in [0.1, 0.15) is 22.7 Å². The summed E-state index contributed by atoms with van der Waals surface area (Å²) in [6.45, 7) is 0. The number of carbonyl (C=O) groups is 1. The third-order valence-electron chi connectivity index (χ3n) is 4.19. The average Bonchev–Trinajstić information content (AvgIpc) is 2.53. The van der Waals surface area contributed by atoms with E-state index < -0.39 is 0 Å². The van der Waals surface area contributed by atoms with E-state index in [2.05, 4.69) is 29.6 Å². The molecule has 0 radical (unpaired) electrons.